The number of aromatic amines is 1. The maximum Gasteiger partial charge on any atom is 0.573 e. The highest BCUT2D eigenvalue weighted by Crippen LogP contribution is 2.23. The van der Waals surface area contributed by atoms with E-state index < -0.39 is 41.6 Å². The van der Waals surface area contributed by atoms with Gasteiger partial charge in [0.1, 0.15) is 0 Å². The quantitative estimate of drug-likeness (QED) is 0.855. The molecule has 98 valence electrons. The lowest BCUT2D eigenvalue weighted by atomic mass is 10.1. The van der Waals surface area contributed by atoms with Crippen LogP contribution in [0.5, 0.6) is 5.75 Å². The number of nitrogens with one attached hydrogen (secondary N) is 1. The van der Waals surface area contributed by atoms with Gasteiger partial charge in [0.15, 0.2) is 5.75 Å². The fraction of sp³-hybridized carbons (Fsp3) is 0.333. The van der Waals surface area contributed by atoms with E-state index in [4.69, 9.17) is 5.26 Å². The summed E-state index contributed by atoms with van der Waals surface area (Å²) in [7, 11) is 0. The van der Waals surface area contributed by atoms with E-state index in [0.29, 0.717) is 6.20 Å². The summed E-state index contributed by atoms with van der Waals surface area (Å²) in [6.45, 7) is 0. The number of nitrogens with zero attached hydrogens (tertiary/aromatic N) is 1. The summed E-state index contributed by atoms with van der Waals surface area (Å²) in [5, 5.41) is 8.36. The SMILES string of the molecule is N#CCc1c(C(F)F)[nH]cc(OC(F)(F)F)c1=O. The molecule has 0 fully saturated rings. The summed E-state index contributed by atoms with van der Waals surface area (Å²) in [5.41, 5.74) is -3.02. The lowest BCUT2D eigenvalue weighted by Gasteiger charge is -2.11. The molecule has 0 atom stereocenters. The predicted octanol–water partition coefficient (Wildman–Crippen LogP) is 2.28. The second-order valence-corrected chi connectivity index (χ2v) is 3.06. The van der Waals surface area contributed by atoms with E-state index in [1.807, 2.05) is 4.98 Å². The van der Waals surface area contributed by atoms with Crippen LogP contribution in [0.3, 0.4) is 0 Å². The number of rotatable bonds is 3. The minimum absolute atomic E-state index is 0.387. The van der Waals surface area contributed by atoms with Gasteiger partial charge in [0, 0.05) is 11.8 Å². The molecule has 1 rings (SSSR count). The Hall–Kier alpha value is -2.11. The molecule has 0 aliphatic carbocycles. The lowest BCUT2D eigenvalue weighted by molar-refractivity contribution is -0.275. The van der Waals surface area contributed by atoms with Crippen LogP contribution in [0.1, 0.15) is 17.7 Å². The summed E-state index contributed by atoms with van der Waals surface area (Å²) in [6, 6.07) is 1.42. The summed E-state index contributed by atoms with van der Waals surface area (Å²) in [4.78, 5) is 13.3. The van der Waals surface area contributed by atoms with Crippen molar-refractivity contribution in [3.63, 3.8) is 0 Å². The van der Waals surface area contributed by atoms with Gasteiger partial charge in [-0.05, 0) is 0 Å². The van der Waals surface area contributed by atoms with Crippen LogP contribution < -0.4 is 10.2 Å². The first kappa shape index (κ1) is 14.0. The van der Waals surface area contributed by atoms with Gasteiger partial charge in [-0.15, -0.1) is 13.2 Å². The molecule has 0 amide bonds. The third-order valence-electron chi connectivity index (χ3n) is 1.88. The second-order valence-electron chi connectivity index (χ2n) is 3.06. The van der Waals surface area contributed by atoms with Gasteiger partial charge in [0.2, 0.25) is 5.43 Å². The van der Waals surface area contributed by atoms with Crippen LogP contribution >= 0.6 is 0 Å². The molecule has 0 bridgehead atoms. The van der Waals surface area contributed by atoms with Gasteiger partial charge >= 0.3 is 6.36 Å². The Morgan fingerprint density at radius 2 is 2.06 bits per heavy atom. The fourth-order valence-corrected chi connectivity index (χ4v) is 1.22. The number of H-pyrrole nitrogens is 1. The number of alkyl halides is 5. The Bertz CT molecular complexity index is 529. The Morgan fingerprint density at radius 3 is 2.50 bits per heavy atom. The molecule has 1 aromatic heterocycles. The Kier molecular flexibility index (Phi) is 3.90. The molecule has 0 spiro atoms. The normalized spacial score (nSPS) is 11.4. The largest absolute Gasteiger partial charge is 0.573 e. The molecule has 1 aromatic rings. The second kappa shape index (κ2) is 5.03. The van der Waals surface area contributed by atoms with Crippen molar-refractivity contribution in [2.45, 2.75) is 19.2 Å². The van der Waals surface area contributed by atoms with Crippen molar-refractivity contribution in [2.75, 3.05) is 0 Å². The zero-order valence-corrected chi connectivity index (χ0v) is 8.52. The minimum Gasteiger partial charge on any atom is -0.400 e. The highest BCUT2D eigenvalue weighted by Gasteiger charge is 2.33. The predicted molar refractivity (Wildman–Crippen MR) is 48.0 cm³/mol. The monoisotopic (exact) mass is 268 g/mol. The Labute approximate surface area is 96.6 Å². The van der Waals surface area contributed by atoms with Crippen molar-refractivity contribution in [2.24, 2.45) is 0 Å². The molecule has 0 aliphatic heterocycles. The van der Waals surface area contributed by atoms with E-state index in [1.165, 1.54) is 6.07 Å². The van der Waals surface area contributed by atoms with Crippen LogP contribution in [0.4, 0.5) is 22.0 Å². The van der Waals surface area contributed by atoms with Crippen molar-refractivity contribution < 1.29 is 26.7 Å². The molecule has 9 heteroatoms. The molecule has 0 unspecified atom stereocenters. The van der Waals surface area contributed by atoms with Gasteiger partial charge < -0.3 is 9.72 Å². The summed E-state index contributed by atoms with van der Waals surface area (Å²) in [5.74, 6) is -1.18. The maximum atomic E-state index is 12.5. The number of nitriles is 1. The number of halogens is 5. The highest BCUT2D eigenvalue weighted by atomic mass is 19.4. The number of aromatic nitrogens is 1. The smallest absolute Gasteiger partial charge is 0.400 e. The molecule has 1 heterocycles. The molecule has 18 heavy (non-hydrogen) atoms. The molecular formula is C9H5F5N2O2. The maximum absolute atomic E-state index is 12.5. The van der Waals surface area contributed by atoms with E-state index in [9.17, 15) is 26.7 Å². The lowest BCUT2D eigenvalue weighted by Crippen LogP contribution is -2.24. The molecular weight excluding hydrogens is 263 g/mol. The number of ether oxygens (including phenoxy) is 1. The number of hydrogen-bond acceptors (Lipinski definition) is 3. The fourth-order valence-electron chi connectivity index (χ4n) is 1.22. The molecule has 0 aromatic carbocycles. The van der Waals surface area contributed by atoms with Crippen molar-refractivity contribution in [1.82, 2.24) is 4.98 Å². The highest BCUT2D eigenvalue weighted by molar-refractivity contribution is 5.32. The molecule has 0 radical (unpaired) electrons. The van der Waals surface area contributed by atoms with Crippen LogP contribution in [0.15, 0.2) is 11.0 Å². The molecule has 0 saturated carbocycles. The summed E-state index contributed by atoms with van der Waals surface area (Å²) >= 11 is 0. The standard InChI is InChI=1S/C9H5F5N2O2/c10-8(11)6-4(1-2-15)7(17)5(3-16-6)18-9(12,13)14/h3,8H,1H2,(H,16,17). The third-order valence-corrected chi connectivity index (χ3v) is 1.88. The molecule has 0 saturated heterocycles. The van der Waals surface area contributed by atoms with Crippen LogP contribution in [0.25, 0.3) is 0 Å². The average molecular weight is 268 g/mol. The Morgan fingerprint density at radius 1 is 1.44 bits per heavy atom. The van der Waals surface area contributed by atoms with Gasteiger partial charge in [-0.1, -0.05) is 0 Å². The summed E-state index contributed by atoms with van der Waals surface area (Å²) in [6.07, 6.45) is -8.59. The summed E-state index contributed by atoms with van der Waals surface area (Å²) < 4.78 is 64.0. The van der Waals surface area contributed by atoms with Crippen LogP contribution in [-0.2, 0) is 6.42 Å². The van der Waals surface area contributed by atoms with Gasteiger partial charge in [-0.25, -0.2) is 8.78 Å². The van der Waals surface area contributed by atoms with E-state index in [1.54, 1.807) is 0 Å². The minimum atomic E-state index is -5.12. The number of pyridine rings is 1. The van der Waals surface area contributed by atoms with E-state index in [0.717, 1.165) is 0 Å². The van der Waals surface area contributed by atoms with Crippen LogP contribution in [0.2, 0.25) is 0 Å². The Balaban J connectivity index is 3.32. The van der Waals surface area contributed by atoms with Gasteiger partial charge in [0.25, 0.3) is 6.43 Å². The first-order valence-corrected chi connectivity index (χ1v) is 4.41. The van der Waals surface area contributed by atoms with Gasteiger partial charge in [-0.2, -0.15) is 5.26 Å². The van der Waals surface area contributed by atoms with Crippen LogP contribution in [-0.4, -0.2) is 11.3 Å². The molecule has 1 N–H and O–H groups in total. The van der Waals surface area contributed by atoms with E-state index >= 15 is 0 Å². The molecule has 0 aliphatic rings. The van der Waals surface area contributed by atoms with Gasteiger partial charge in [-0.3, -0.25) is 4.79 Å². The van der Waals surface area contributed by atoms with Crippen molar-refractivity contribution in [3.8, 4) is 11.8 Å². The van der Waals surface area contributed by atoms with Crippen molar-refractivity contribution in [3.05, 3.63) is 27.7 Å². The molecule has 4 nitrogen and oxygen atoms in total. The van der Waals surface area contributed by atoms with Gasteiger partial charge in [0.05, 0.1) is 18.2 Å². The zero-order chi connectivity index (χ0) is 13.9. The van der Waals surface area contributed by atoms with Crippen molar-refractivity contribution in [1.29, 1.82) is 5.26 Å². The van der Waals surface area contributed by atoms with E-state index in [2.05, 4.69) is 4.74 Å². The van der Waals surface area contributed by atoms with E-state index in [-0.39, 0.29) is 0 Å². The topological polar surface area (TPSA) is 65.9 Å². The first-order valence-electron chi connectivity index (χ1n) is 4.41. The number of hydrogen-bond donors (Lipinski definition) is 1. The first-order chi connectivity index (χ1) is 8.26. The third kappa shape index (κ3) is 3.19. The zero-order valence-electron chi connectivity index (χ0n) is 8.52. The average Bonchev–Trinajstić information content (AvgIpc) is 2.22. The van der Waals surface area contributed by atoms with Crippen molar-refractivity contribution >= 4 is 0 Å². The van der Waals surface area contributed by atoms with Crippen LogP contribution in [0, 0.1) is 11.3 Å².